The number of rotatable bonds is 2. The zero-order chi connectivity index (χ0) is 14.9. The molecule has 0 aliphatic carbocycles. The molecule has 20 heavy (non-hydrogen) atoms. The summed E-state index contributed by atoms with van der Waals surface area (Å²) in [6.45, 7) is 0.669. The third-order valence-electron chi connectivity index (χ3n) is 3.52. The van der Waals surface area contributed by atoms with Gasteiger partial charge >= 0.3 is 6.18 Å². The zero-order valence-corrected chi connectivity index (χ0v) is 12.2. The normalized spacial score (nSPS) is 17.3. The van der Waals surface area contributed by atoms with Crippen molar-refractivity contribution in [2.24, 2.45) is 11.7 Å². The summed E-state index contributed by atoms with van der Waals surface area (Å²) in [6, 6.07) is 5.09. The summed E-state index contributed by atoms with van der Waals surface area (Å²) < 4.78 is 38.0. The molecule has 1 aromatic rings. The second-order valence-corrected chi connectivity index (χ2v) is 5.70. The summed E-state index contributed by atoms with van der Waals surface area (Å²) in [4.78, 5) is 2.08. The third-order valence-corrected chi connectivity index (χ3v) is 3.98. The lowest BCUT2D eigenvalue weighted by molar-refractivity contribution is -0.179. The van der Waals surface area contributed by atoms with Gasteiger partial charge in [-0.3, -0.25) is 0 Å². The number of nitrogens with two attached hydrogens (primary N) is 1. The molecule has 7 heteroatoms. The lowest BCUT2D eigenvalue weighted by Gasteiger charge is -2.35. The molecule has 2 N–H and O–H groups in total. The Labute approximate surface area is 125 Å². The SMILES string of the molecule is NC(=S)c1cc(Cl)ccc1N1CCC(C(F)(F)F)CC1. The molecule has 1 fully saturated rings. The van der Waals surface area contributed by atoms with Gasteiger partial charge in [-0.05, 0) is 31.0 Å². The molecule has 1 saturated heterocycles. The van der Waals surface area contributed by atoms with E-state index in [1.54, 1.807) is 18.2 Å². The van der Waals surface area contributed by atoms with Gasteiger partial charge in [0, 0.05) is 29.4 Å². The lowest BCUT2D eigenvalue weighted by atomic mass is 9.95. The first-order valence-corrected chi connectivity index (χ1v) is 6.98. The molecule has 0 radical (unpaired) electrons. The van der Waals surface area contributed by atoms with E-state index in [2.05, 4.69) is 0 Å². The molecule has 0 spiro atoms. The smallest absolute Gasteiger partial charge is 0.389 e. The van der Waals surface area contributed by atoms with Crippen LogP contribution in [-0.4, -0.2) is 24.3 Å². The molecule has 0 saturated carbocycles. The summed E-state index contributed by atoms with van der Waals surface area (Å²) in [5, 5.41) is 0.502. The topological polar surface area (TPSA) is 29.3 Å². The van der Waals surface area contributed by atoms with E-state index in [1.807, 2.05) is 4.90 Å². The highest BCUT2D eigenvalue weighted by Gasteiger charge is 2.41. The van der Waals surface area contributed by atoms with Crippen LogP contribution in [0.3, 0.4) is 0 Å². The molecular weight excluding hydrogens is 309 g/mol. The van der Waals surface area contributed by atoms with Gasteiger partial charge in [-0.15, -0.1) is 0 Å². The van der Waals surface area contributed by atoms with Crippen molar-refractivity contribution in [1.29, 1.82) is 0 Å². The maximum Gasteiger partial charge on any atom is 0.391 e. The Bertz CT molecular complexity index is 511. The quantitative estimate of drug-likeness (QED) is 0.841. The van der Waals surface area contributed by atoms with E-state index in [1.165, 1.54) is 0 Å². The van der Waals surface area contributed by atoms with E-state index in [-0.39, 0.29) is 17.8 Å². The van der Waals surface area contributed by atoms with Gasteiger partial charge < -0.3 is 10.6 Å². The maximum atomic E-state index is 12.7. The number of halogens is 4. The monoisotopic (exact) mass is 322 g/mol. The van der Waals surface area contributed by atoms with Crippen LogP contribution in [0, 0.1) is 5.92 Å². The van der Waals surface area contributed by atoms with Crippen molar-refractivity contribution in [3.8, 4) is 0 Å². The Kier molecular flexibility index (Phi) is 4.44. The predicted octanol–water partition coefficient (Wildman–Crippen LogP) is 3.75. The van der Waals surface area contributed by atoms with Gasteiger partial charge in [-0.2, -0.15) is 13.2 Å². The average Bonchev–Trinajstić information content (AvgIpc) is 2.37. The van der Waals surface area contributed by atoms with Crippen molar-refractivity contribution in [3.63, 3.8) is 0 Å². The standard InChI is InChI=1S/C13H14ClF3N2S/c14-9-1-2-11(10(7-9)12(18)20)19-5-3-8(4-6-19)13(15,16)17/h1-2,7-8H,3-6H2,(H2,18,20). The fraction of sp³-hybridized carbons (Fsp3) is 0.462. The molecule has 0 atom stereocenters. The van der Waals surface area contributed by atoms with Crippen molar-refractivity contribution in [2.75, 3.05) is 18.0 Å². The number of alkyl halides is 3. The number of thiocarbonyl (C=S) groups is 1. The molecule has 1 heterocycles. The summed E-state index contributed by atoms with van der Waals surface area (Å²) >= 11 is 10.9. The molecule has 1 aromatic carbocycles. The highest BCUT2D eigenvalue weighted by molar-refractivity contribution is 7.80. The van der Waals surface area contributed by atoms with E-state index in [4.69, 9.17) is 29.6 Å². The Morgan fingerprint density at radius 1 is 1.30 bits per heavy atom. The fourth-order valence-corrected chi connectivity index (χ4v) is 2.76. The summed E-state index contributed by atoms with van der Waals surface area (Å²) in [6.07, 6.45) is -3.94. The van der Waals surface area contributed by atoms with Crippen LogP contribution >= 0.6 is 23.8 Å². The van der Waals surface area contributed by atoms with Crippen molar-refractivity contribution < 1.29 is 13.2 Å². The van der Waals surface area contributed by atoms with Crippen molar-refractivity contribution in [3.05, 3.63) is 28.8 Å². The second kappa shape index (κ2) is 5.77. The number of anilines is 1. The van der Waals surface area contributed by atoms with Gasteiger partial charge in [0.2, 0.25) is 0 Å². The molecule has 0 bridgehead atoms. The first-order valence-electron chi connectivity index (χ1n) is 6.20. The highest BCUT2D eigenvalue weighted by atomic mass is 35.5. The fourth-order valence-electron chi connectivity index (χ4n) is 2.43. The lowest BCUT2D eigenvalue weighted by Crippen LogP contribution is -2.39. The first-order chi connectivity index (χ1) is 9.29. The van der Waals surface area contributed by atoms with E-state index in [9.17, 15) is 13.2 Å². The molecule has 2 rings (SSSR count). The number of nitrogens with zero attached hydrogens (tertiary/aromatic N) is 1. The number of benzene rings is 1. The number of piperidine rings is 1. The molecule has 0 unspecified atom stereocenters. The third kappa shape index (κ3) is 3.35. The van der Waals surface area contributed by atoms with Crippen LogP contribution in [0.25, 0.3) is 0 Å². The average molecular weight is 323 g/mol. The second-order valence-electron chi connectivity index (χ2n) is 4.83. The minimum absolute atomic E-state index is 0.0862. The Balaban J connectivity index is 2.17. The van der Waals surface area contributed by atoms with Gasteiger partial charge in [0.15, 0.2) is 0 Å². The number of hydrogen-bond donors (Lipinski definition) is 1. The molecule has 1 aliphatic heterocycles. The van der Waals surface area contributed by atoms with E-state index >= 15 is 0 Å². The number of hydrogen-bond acceptors (Lipinski definition) is 2. The van der Waals surface area contributed by atoms with Crippen LogP contribution < -0.4 is 10.6 Å². The van der Waals surface area contributed by atoms with Crippen LogP contribution in [0.1, 0.15) is 18.4 Å². The van der Waals surface area contributed by atoms with Crippen molar-refractivity contribution in [1.82, 2.24) is 0 Å². The molecule has 110 valence electrons. The van der Waals surface area contributed by atoms with E-state index in [0.717, 1.165) is 5.69 Å². The van der Waals surface area contributed by atoms with E-state index < -0.39 is 12.1 Å². The van der Waals surface area contributed by atoms with Crippen molar-refractivity contribution in [2.45, 2.75) is 19.0 Å². The van der Waals surface area contributed by atoms with Crippen LogP contribution in [0.4, 0.5) is 18.9 Å². The van der Waals surface area contributed by atoms with Crippen LogP contribution in [0.2, 0.25) is 5.02 Å². The first kappa shape index (κ1) is 15.4. The van der Waals surface area contributed by atoms with Crippen LogP contribution in [0.15, 0.2) is 18.2 Å². The van der Waals surface area contributed by atoms with Gasteiger partial charge in [-0.25, -0.2) is 0 Å². The van der Waals surface area contributed by atoms with Crippen LogP contribution in [0.5, 0.6) is 0 Å². The Morgan fingerprint density at radius 3 is 2.40 bits per heavy atom. The van der Waals surface area contributed by atoms with E-state index in [0.29, 0.717) is 23.7 Å². The molecular formula is C13H14ClF3N2S. The summed E-state index contributed by atoms with van der Waals surface area (Å²) in [5.74, 6) is -1.22. The van der Waals surface area contributed by atoms with Gasteiger partial charge in [0.1, 0.15) is 4.99 Å². The molecule has 0 amide bonds. The maximum absolute atomic E-state index is 12.7. The van der Waals surface area contributed by atoms with Crippen molar-refractivity contribution >= 4 is 34.5 Å². The Morgan fingerprint density at radius 2 is 1.90 bits per heavy atom. The molecule has 0 aromatic heterocycles. The highest BCUT2D eigenvalue weighted by Crippen LogP contribution is 2.36. The predicted molar refractivity (Wildman–Crippen MR) is 78.3 cm³/mol. The molecule has 2 nitrogen and oxygen atoms in total. The van der Waals surface area contributed by atoms with Gasteiger partial charge in [0.25, 0.3) is 0 Å². The largest absolute Gasteiger partial charge is 0.391 e. The minimum atomic E-state index is -4.11. The van der Waals surface area contributed by atoms with Crippen LogP contribution in [-0.2, 0) is 0 Å². The summed E-state index contributed by atoms with van der Waals surface area (Å²) in [5.41, 5.74) is 7.01. The molecule has 1 aliphatic rings. The summed E-state index contributed by atoms with van der Waals surface area (Å²) in [7, 11) is 0. The minimum Gasteiger partial charge on any atom is -0.389 e. The Hall–Kier alpha value is -1.01. The van der Waals surface area contributed by atoms with Gasteiger partial charge in [0.05, 0.1) is 5.92 Å². The van der Waals surface area contributed by atoms with Gasteiger partial charge in [-0.1, -0.05) is 23.8 Å². The zero-order valence-electron chi connectivity index (χ0n) is 10.6.